The molecule has 25 heavy (non-hydrogen) atoms. The molecule has 6 heteroatoms. The summed E-state index contributed by atoms with van der Waals surface area (Å²) in [6, 6.07) is 6.45. The average molecular weight is 338 g/mol. The Morgan fingerprint density at radius 2 is 2.16 bits per heavy atom. The third kappa shape index (κ3) is 4.17. The molecule has 0 radical (unpaired) electrons. The quantitative estimate of drug-likeness (QED) is 0.364. The third-order valence-electron chi connectivity index (χ3n) is 3.69. The van der Waals surface area contributed by atoms with Crippen molar-refractivity contribution in [1.82, 2.24) is 4.98 Å². The highest BCUT2D eigenvalue weighted by Crippen LogP contribution is 2.28. The van der Waals surface area contributed by atoms with Crippen molar-refractivity contribution >= 4 is 35.9 Å². The number of hydrogen-bond acceptors (Lipinski definition) is 4. The Morgan fingerprint density at radius 3 is 2.80 bits per heavy atom. The number of carbonyl (C=O) groups is 1. The molecule has 2 rings (SSSR count). The molecule has 1 aromatic heterocycles. The molecule has 128 valence electrons. The van der Waals surface area contributed by atoms with Crippen molar-refractivity contribution in [3.63, 3.8) is 0 Å². The number of anilines is 2. The molecule has 3 N–H and O–H groups in total. The maximum Gasteiger partial charge on any atom is 0.212 e. The number of aliphatic imine (C=N–C) groups is 1. The van der Waals surface area contributed by atoms with E-state index in [2.05, 4.69) is 22.0 Å². The van der Waals surface area contributed by atoms with Crippen LogP contribution in [0, 0.1) is 12.7 Å². The van der Waals surface area contributed by atoms with E-state index in [9.17, 15) is 9.18 Å². The van der Waals surface area contributed by atoms with Crippen LogP contribution >= 0.6 is 0 Å². The molecular formula is C19H19FN4O. The lowest BCUT2D eigenvalue weighted by atomic mass is 9.97. The molecule has 0 unspecified atom stereocenters. The van der Waals surface area contributed by atoms with Crippen LogP contribution in [0.2, 0.25) is 0 Å². The van der Waals surface area contributed by atoms with Crippen molar-refractivity contribution in [2.24, 2.45) is 4.99 Å². The molecule has 2 aromatic rings. The summed E-state index contributed by atoms with van der Waals surface area (Å²) in [7, 11) is 0. The molecule has 1 heterocycles. The highest BCUT2D eigenvalue weighted by Gasteiger charge is 2.09. The number of nitrogens with one attached hydrogen (secondary N) is 1. The van der Waals surface area contributed by atoms with Gasteiger partial charge in [0, 0.05) is 11.8 Å². The fraction of sp³-hybridized carbons (Fsp3) is 0.105. The van der Waals surface area contributed by atoms with Gasteiger partial charge in [0.25, 0.3) is 0 Å². The summed E-state index contributed by atoms with van der Waals surface area (Å²) in [5.41, 5.74) is 9.51. The van der Waals surface area contributed by atoms with Gasteiger partial charge in [-0.25, -0.2) is 9.37 Å². The number of pyridine rings is 1. The summed E-state index contributed by atoms with van der Waals surface area (Å²) >= 11 is 0. The van der Waals surface area contributed by atoms with Gasteiger partial charge in [0.1, 0.15) is 11.6 Å². The van der Waals surface area contributed by atoms with E-state index in [-0.39, 0.29) is 5.69 Å². The van der Waals surface area contributed by atoms with E-state index in [1.807, 2.05) is 26.0 Å². The molecule has 0 bridgehead atoms. The van der Waals surface area contributed by atoms with E-state index in [0.29, 0.717) is 17.9 Å². The summed E-state index contributed by atoms with van der Waals surface area (Å²) in [5, 5.41) is 2.49. The molecule has 0 spiro atoms. The third-order valence-corrected chi connectivity index (χ3v) is 3.69. The Morgan fingerprint density at radius 1 is 1.40 bits per heavy atom. The number of hydrogen-bond donors (Lipinski definition) is 2. The van der Waals surface area contributed by atoms with Gasteiger partial charge in [-0.2, -0.15) is 0 Å². The van der Waals surface area contributed by atoms with Crippen LogP contribution in [0.4, 0.5) is 15.9 Å². The zero-order valence-corrected chi connectivity index (χ0v) is 14.1. The number of nitrogen functional groups attached to an aromatic ring is 1. The topological polar surface area (TPSA) is 80.4 Å². The van der Waals surface area contributed by atoms with Crippen molar-refractivity contribution < 1.29 is 9.18 Å². The summed E-state index contributed by atoms with van der Waals surface area (Å²) in [5.74, 6) is -0.0345. The lowest BCUT2D eigenvalue weighted by Crippen LogP contribution is -1.98. The molecule has 0 aliphatic carbocycles. The maximum atomic E-state index is 13.6. The zero-order valence-electron chi connectivity index (χ0n) is 14.1. The number of rotatable bonds is 6. The molecule has 1 aromatic carbocycles. The first kappa shape index (κ1) is 18.1. The number of allylic oxidation sites excluding steroid dienone is 3. The first-order valence-electron chi connectivity index (χ1n) is 7.57. The molecule has 5 nitrogen and oxygen atoms in total. The second-order valence-corrected chi connectivity index (χ2v) is 5.31. The van der Waals surface area contributed by atoms with Crippen molar-refractivity contribution in [3.8, 4) is 0 Å². The van der Waals surface area contributed by atoms with Crippen molar-refractivity contribution in [2.45, 2.75) is 13.8 Å². The zero-order chi connectivity index (χ0) is 18.4. The number of carbonyl (C=O) groups excluding carboxylic acids is 1. The van der Waals surface area contributed by atoms with Crippen LogP contribution in [0.5, 0.6) is 0 Å². The summed E-state index contributed by atoms with van der Waals surface area (Å²) in [6.07, 6.45) is 5.83. The van der Waals surface area contributed by atoms with Crippen LogP contribution in [0.3, 0.4) is 0 Å². The molecule has 0 saturated heterocycles. The predicted molar refractivity (Wildman–Crippen MR) is 101 cm³/mol. The van der Waals surface area contributed by atoms with E-state index < -0.39 is 5.82 Å². The summed E-state index contributed by atoms with van der Waals surface area (Å²) < 4.78 is 13.6. The Labute approximate surface area is 145 Å². The van der Waals surface area contributed by atoms with E-state index in [0.717, 1.165) is 22.3 Å². The van der Waals surface area contributed by atoms with Gasteiger partial charge in [-0.15, -0.1) is 0 Å². The second-order valence-electron chi connectivity index (χ2n) is 5.31. The van der Waals surface area contributed by atoms with Gasteiger partial charge in [0.2, 0.25) is 6.41 Å². The molecule has 1 amide bonds. The molecule has 0 saturated carbocycles. The lowest BCUT2D eigenvalue weighted by Gasteiger charge is -2.11. The van der Waals surface area contributed by atoms with Crippen LogP contribution in [0.1, 0.15) is 23.6 Å². The fourth-order valence-electron chi connectivity index (χ4n) is 2.41. The molecule has 0 fully saturated rings. The minimum Gasteiger partial charge on any atom is -0.396 e. The van der Waals surface area contributed by atoms with Gasteiger partial charge in [-0.05, 0) is 67.6 Å². The normalized spacial score (nSPS) is 12.0. The number of nitrogens with two attached hydrogens (primary N) is 1. The van der Waals surface area contributed by atoms with Gasteiger partial charge in [0.15, 0.2) is 0 Å². The standard InChI is InChI=1S/C19H19FN4O/c1-4-13(15-10-17(21)16(20)7-12(15)2)8-18(22-3)14-5-6-23-19(9-14)24-11-25/h4-11H,3,21H2,1-2H3,(H,23,24,25)/b13-4+,18-8-. The highest BCUT2D eigenvalue weighted by atomic mass is 19.1. The number of benzene rings is 1. The van der Waals surface area contributed by atoms with Crippen molar-refractivity contribution in [3.05, 3.63) is 65.1 Å². The van der Waals surface area contributed by atoms with Gasteiger partial charge < -0.3 is 11.1 Å². The Balaban J connectivity index is 2.50. The van der Waals surface area contributed by atoms with E-state index >= 15 is 0 Å². The van der Waals surface area contributed by atoms with E-state index in [4.69, 9.17) is 5.73 Å². The lowest BCUT2D eigenvalue weighted by molar-refractivity contribution is -0.105. The second kappa shape index (κ2) is 8.01. The van der Waals surface area contributed by atoms with Gasteiger partial charge >= 0.3 is 0 Å². The van der Waals surface area contributed by atoms with Crippen molar-refractivity contribution in [1.29, 1.82) is 0 Å². The summed E-state index contributed by atoms with van der Waals surface area (Å²) in [6.45, 7) is 7.29. The Hall–Kier alpha value is -3.28. The number of halogens is 1. The number of amides is 1. The van der Waals surface area contributed by atoms with Gasteiger partial charge in [0.05, 0.1) is 11.4 Å². The van der Waals surface area contributed by atoms with Crippen LogP contribution in [0.15, 0.2) is 47.6 Å². The van der Waals surface area contributed by atoms with Crippen LogP contribution in [-0.2, 0) is 4.79 Å². The number of aryl methyl sites for hydroxylation is 1. The first-order chi connectivity index (χ1) is 12.0. The monoisotopic (exact) mass is 338 g/mol. The van der Waals surface area contributed by atoms with Crippen LogP contribution in [-0.4, -0.2) is 18.1 Å². The predicted octanol–water partition coefficient (Wildman–Crippen LogP) is 3.82. The Bertz CT molecular complexity index is 872. The van der Waals surface area contributed by atoms with Crippen molar-refractivity contribution in [2.75, 3.05) is 11.1 Å². The molecule has 0 atom stereocenters. The molecule has 0 aliphatic rings. The van der Waals surface area contributed by atoms with E-state index in [1.54, 1.807) is 24.4 Å². The average Bonchev–Trinajstić information content (AvgIpc) is 2.60. The minimum absolute atomic E-state index is 0.0860. The SMILES string of the molecule is C=N/C(=C\C(=C/C)c1cc(N)c(F)cc1C)c1ccnc(NC=O)c1. The largest absolute Gasteiger partial charge is 0.396 e. The fourth-order valence-corrected chi connectivity index (χ4v) is 2.41. The molecular weight excluding hydrogens is 319 g/mol. The van der Waals surface area contributed by atoms with Gasteiger partial charge in [-0.3, -0.25) is 9.79 Å². The molecule has 0 aliphatic heterocycles. The smallest absolute Gasteiger partial charge is 0.212 e. The summed E-state index contributed by atoms with van der Waals surface area (Å²) in [4.78, 5) is 18.7. The van der Waals surface area contributed by atoms with Gasteiger partial charge in [-0.1, -0.05) is 6.08 Å². The Kier molecular flexibility index (Phi) is 5.79. The van der Waals surface area contributed by atoms with Crippen LogP contribution < -0.4 is 11.1 Å². The van der Waals surface area contributed by atoms with Crippen LogP contribution in [0.25, 0.3) is 11.3 Å². The first-order valence-corrected chi connectivity index (χ1v) is 7.57. The number of nitrogens with zero attached hydrogens (tertiary/aromatic N) is 2. The highest BCUT2D eigenvalue weighted by molar-refractivity contribution is 5.86. The van der Waals surface area contributed by atoms with E-state index in [1.165, 1.54) is 6.07 Å². The minimum atomic E-state index is -0.443. The maximum absolute atomic E-state index is 13.6. The number of aromatic nitrogens is 1.